The zero-order valence-electron chi connectivity index (χ0n) is 20.8. The Kier molecular flexibility index (Phi) is 8.40. The van der Waals surface area contributed by atoms with Gasteiger partial charge in [0.2, 0.25) is 11.8 Å². The van der Waals surface area contributed by atoms with E-state index in [0.29, 0.717) is 49.1 Å². The Morgan fingerprint density at radius 3 is 2.34 bits per heavy atom. The van der Waals surface area contributed by atoms with Gasteiger partial charge in [0.15, 0.2) is 0 Å². The second-order valence-electron chi connectivity index (χ2n) is 9.05. The third-order valence-corrected chi connectivity index (χ3v) is 8.28. The van der Waals surface area contributed by atoms with Crippen molar-refractivity contribution in [2.24, 2.45) is 0 Å². The van der Waals surface area contributed by atoms with Gasteiger partial charge in [0.25, 0.3) is 0 Å². The highest BCUT2D eigenvalue weighted by Gasteiger charge is 2.28. The number of carbonyl (C=O) groups is 1. The van der Waals surface area contributed by atoms with Crippen LogP contribution >= 0.6 is 19.2 Å². The maximum absolute atomic E-state index is 12.6. The number of oxazole rings is 1. The summed E-state index contributed by atoms with van der Waals surface area (Å²) in [7, 11) is -3.08. The smallest absolute Gasteiger partial charge is 0.335 e. The number of amides is 1. The fraction of sp³-hybridized carbons (Fsp3) is 0.241. The minimum Gasteiger partial charge on any atom is -0.441 e. The van der Waals surface area contributed by atoms with E-state index in [1.165, 1.54) is 0 Å². The van der Waals surface area contributed by atoms with Gasteiger partial charge in [-0.1, -0.05) is 54.1 Å². The minimum atomic E-state index is -3.08. The molecule has 196 valence electrons. The SMILES string of the molecule is O=C(CCCc1oc(-c2ccccc2)nc1-c1ccc(Cl)cc1)Nc1ccc(CP2(=O)OCCCO2)cc1. The van der Waals surface area contributed by atoms with E-state index in [2.05, 4.69) is 5.32 Å². The number of nitrogens with zero attached hydrogens (tertiary/aromatic N) is 1. The molecule has 0 atom stereocenters. The number of hydrogen-bond acceptors (Lipinski definition) is 6. The second-order valence-corrected chi connectivity index (χ2v) is 11.5. The van der Waals surface area contributed by atoms with Crippen molar-refractivity contribution in [3.8, 4) is 22.7 Å². The van der Waals surface area contributed by atoms with E-state index < -0.39 is 7.60 Å². The molecule has 1 amide bonds. The Labute approximate surface area is 226 Å². The third kappa shape index (κ3) is 6.80. The molecule has 0 unspecified atom stereocenters. The molecule has 7 nitrogen and oxygen atoms in total. The molecule has 1 saturated heterocycles. The standard InChI is InChI=1S/C29H28ClN2O5P/c30-24-14-12-22(13-15-24)28-26(37-29(32-28)23-6-2-1-3-7-23)8-4-9-27(33)31-25-16-10-21(11-17-25)20-38(34)35-18-5-19-36-38/h1-3,6-7,10-17H,4-5,8-9,18-20H2,(H,31,33). The minimum absolute atomic E-state index is 0.0969. The molecule has 1 aliphatic heterocycles. The summed E-state index contributed by atoms with van der Waals surface area (Å²) in [6.45, 7) is 0.905. The first kappa shape index (κ1) is 26.4. The summed E-state index contributed by atoms with van der Waals surface area (Å²) in [4.78, 5) is 17.4. The molecule has 1 fully saturated rings. The highest BCUT2D eigenvalue weighted by atomic mass is 35.5. The molecule has 0 aliphatic carbocycles. The van der Waals surface area contributed by atoms with Crippen molar-refractivity contribution in [2.45, 2.75) is 31.8 Å². The van der Waals surface area contributed by atoms with E-state index in [-0.39, 0.29) is 12.1 Å². The lowest BCUT2D eigenvalue weighted by Crippen LogP contribution is -2.12. The number of aryl methyl sites for hydroxylation is 1. The third-order valence-electron chi connectivity index (χ3n) is 6.12. The quantitative estimate of drug-likeness (QED) is 0.214. The fourth-order valence-electron chi connectivity index (χ4n) is 4.20. The molecule has 0 radical (unpaired) electrons. The zero-order chi connectivity index (χ0) is 26.4. The Balaban J connectivity index is 1.20. The Morgan fingerprint density at radius 1 is 0.921 bits per heavy atom. The first-order chi connectivity index (χ1) is 18.5. The van der Waals surface area contributed by atoms with Crippen LogP contribution in [-0.2, 0) is 31.0 Å². The van der Waals surface area contributed by atoms with Crippen LogP contribution in [0.25, 0.3) is 22.7 Å². The summed E-state index contributed by atoms with van der Waals surface area (Å²) in [6.07, 6.45) is 2.44. The van der Waals surface area contributed by atoms with Gasteiger partial charge in [-0.2, -0.15) is 0 Å². The van der Waals surface area contributed by atoms with E-state index in [0.717, 1.165) is 34.6 Å². The Morgan fingerprint density at radius 2 is 1.63 bits per heavy atom. The lowest BCUT2D eigenvalue weighted by atomic mass is 10.1. The van der Waals surface area contributed by atoms with Crippen LogP contribution in [0, 0.1) is 0 Å². The second kappa shape index (κ2) is 12.1. The molecule has 1 aliphatic rings. The highest BCUT2D eigenvalue weighted by Crippen LogP contribution is 2.53. The van der Waals surface area contributed by atoms with Gasteiger partial charge in [0.05, 0.1) is 19.4 Å². The lowest BCUT2D eigenvalue weighted by molar-refractivity contribution is -0.116. The van der Waals surface area contributed by atoms with Crippen LogP contribution in [0.1, 0.15) is 30.6 Å². The number of carbonyl (C=O) groups excluding carboxylic acids is 1. The topological polar surface area (TPSA) is 90.7 Å². The fourth-order valence-corrected chi connectivity index (χ4v) is 6.06. The summed E-state index contributed by atoms with van der Waals surface area (Å²) in [5.74, 6) is 1.17. The van der Waals surface area contributed by atoms with E-state index in [4.69, 9.17) is 30.0 Å². The number of nitrogens with one attached hydrogen (secondary N) is 1. The Hall–Kier alpha value is -3.22. The van der Waals surface area contributed by atoms with Crippen LogP contribution < -0.4 is 5.32 Å². The van der Waals surface area contributed by atoms with Crippen molar-refractivity contribution in [1.29, 1.82) is 0 Å². The summed E-state index contributed by atoms with van der Waals surface area (Å²) in [5, 5.41) is 3.57. The number of halogens is 1. The van der Waals surface area contributed by atoms with Gasteiger partial charge >= 0.3 is 7.60 Å². The molecule has 0 saturated carbocycles. The van der Waals surface area contributed by atoms with E-state index in [1.54, 1.807) is 12.1 Å². The van der Waals surface area contributed by atoms with Crippen LogP contribution in [0.5, 0.6) is 0 Å². The summed E-state index contributed by atoms with van der Waals surface area (Å²) < 4.78 is 29.4. The van der Waals surface area contributed by atoms with Crippen molar-refractivity contribution in [1.82, 2.24) is 4.98 Å². The summed E-state index contributed by atoms with van der Waals surface area (Å²) in [5.41, 5.74) is 4.06. The largest absolute Gasteiger partial charge is 0.441 e. The van der Waals surface area contributed by atoms with Gasteiger partial charge in [0, 0.05) is 34.7 Å². The predicted octanol–water partition coefficient (Wildman–Crippen LogP) is 7.75. The van der Waals surface area contributed by atoms with Crippen molar-refractivity contribution in [3.05, 3.63) is 95.2 Å². The number of anilines is 1. The summed E-state index contributed by atoms with van der Waals surface area (Å²) >= 11 is 6.07. The molecule has 1 N–H and O–H groups in total. The van der Waals surface area contributed by atoms with Crippen molar-refractivity contribution in [2.75, 3.05) is 18.5 Å². The molecule has 5 rings (SSSR count). The Bertz CT molecular complexity index is 1410. The first-order valence-electron chi connectivity index (χ1n) is 12.6. The maximum Gasteiger partial charge on any atom is 0.335 e. The van der Waals surface area contributed by atoms with E-state index in [1.807, 2.05) is 66.7 Å². The summed E-state index contributed by atoms with van der Waals surface area (Å²) in [6, 6.07) is 24.5. The molecule has 0 spiro atoms. The normalized spacial score (nSPS) is 14.8. The van der Waals surface area contributed by atoms with Crippen LogP contribution in [0.15, 0.2) is 83.3 Å². The molecular formula is C29H28ClN2O5P. The molecular weight excluding hydrogens is 523 g/mol. The molecule has 9 heteroatoms. The van der Waals surface area contributed by atoms with Gasteiger partial charge in [-0.15, -0.1) is 0 Å². The first-order valence-corrected chi connectivity index (χ1v) is 14.7. The number of hydrogen-bond donors (Lipinski definition) is 1. The van der Waals surface area contributed by atoms with Gasteiger partial charge < -0.3 is 18.8 Å². The van der Waals surface area contributed by atoms with Crippen LogP contribution in [0.2, 0.25) is 5.02 Å². The monoisotopic (exact) mass is 550 g/mol. The van der Waals surface area contributed by atoms with Crippen molar-refractivity contribution in [3.63, 3.8) is 0 Å². The van der Waals surface area contributed by atoms with Crippen LogP contribution in [0.3, 0.4) is 0 Å². The van der Waals surface area contributed by atoms with Crippen molar-refractivity contribution >= 4 is 30.8 Å². The van der Waals surface area contributed by atoms with E-state index in [9.17, 15) is 9.36 Å². The number of benzene rings is 3. The lowest BCUT2D eigenvalue weighted by Gasteiger charge is -2.22. The van der Waals surface area contributed by atoms with Crippen LogP contribution in [-0.4, -0.2) is 24.1 Å². The van der Waals surface area contributed by atoms with Crippen molar-refractivity contribution < 1.29 is 22.8 Å². The molecule has 2 heterocycles. The maximum atomic E-state index is 12.6. The molecule has 0 bridgehead atoms. The van der Waals surface area contributed by atoms with Gasteiger partial charge in [0.1, 0.15) is 11.5 Å². The van der Waals surface area contributed by atoms with Crippen LogP contribution in [0.4, 0.5) is 5.69 Å². The zero-order valence-corrected chi connectivity index (χ0v) is 22.4. The molecule has 38 heavy (non-hydrogen) atoms. The predicted molar refractivity (Wildman–Crippen MR) is 148 cm³/mol. The van der Waals surface area contributed by atoms with Gasteiger partial charge in [-0.25, -0.2) is 4.98 Å². The molecule has 1 aromatic heterocycles. The number of aromatic nitrogens is 1. The average Bonchev–Trinajstić information content (AvgIpc) is 3.35. The molecule has 3 aromatic carbocycles. The average molecular weight is 551 g/mol. The number of rotatable bonds is 9. The van der Waals surface area contributed by atoms with E-state index >= 15 is 0 Å². The highest BCUT2D eigenvalue weighted by molar-refractivity contribution is 7.53. The van der Waals surface area contributed by atoms with Gasteiger partial charge in [-0.3, -0.25) is 9.36 Å². The van der Waals surface area contributed by atoms with Gasteiger partial charge in [-0.05, 0) is 54.8 Å². The molecule has 4 aromatic rings.